The van der Waals surface area contributed by atoms with Gasteiger partial charge in [0.25, 0.3) is 0 Å². The second-order valence-corrected chi connectivity index (χ2v) is 4.91. The van der Waals surface area contributed by atoms with Crippen molar-refractivity contribution in [2.75, 3.05) is 6.61 Å². The number of halogens is 2. The van der Waals surface area contributed by atoms with E-state index in [1.165, 1.54) is 6.07 Å². The predicted octanol–water partition coefficient (Wildman–Crippen LogP) is 3.86. The van der Waals surface area contributed by atoms with E-state index in [9.17, 15) is 4.39 Å². The van der Waals surface area contributed by atoms with Gasteiger partial charge < -0.3 is 4.74 Å². The fourth-order valence-corrected chi connectivity index (χ4v) is 1.54. The number of hydrogen-bond acceptors (Lipinski definition) is 1. The second kappa shape index (κ2) is 6.43. The van der Waals surface area contributed by atoms with Gasteiger partial charge in [0.2, 0.25) is 0 Å². The van der Waals surface area contributed by atoms with Crippen LogP contribution in [0.1, 0.15) is 24.5 Å². The van der Waals surface area contributed by atoms with Crippen molar-refractivity contribution in [2.45, 2.75) is 30.8 Å². The van der Waals surface area contributed by atoms with E-state index in [4.69, 9.17) is 4.74 Å². The fourth-order valence-electron chi connectivity index (χ4n) is 1.28. The van der Waals surface area contributed by atoms with Crippen LogP contribution >= 0.6 is 22.6 Å². The van der Waals surface area contributed by atoms with Gasteiger partial charge in [-0.2, -0.15) is 0 Å². The molecule has 15 heavy (non-hydrogen) atoms. The molecule has 0 N–H and O–H groups in total. The van der Waals surface area contributed by atoms with Gasteiger partial charge in [-0.05, 0) is 37.0 Å². The topological polar surface area (TPSA) is 9.23 Å². The van der Waals surface area contributed by atoms with E-state index < -0.39 is 0 Å². The van der Waals surface area contributed by atoms with Gasteiger partial charge in [-0.1, -0.05) is 41.6 Å². The summed E-state index contributed by atoms with van der Waals surface area (Å²) in [5.41, 5.74) is 1.84. The SMILES string of the molecule is CCC(I)OCCc1ccc(F)c(C)c1. The summed E-state index contributed by atoms with van der Waals surface area (Å²) in [5.74, 6) is -0.139. The largest absolute Gasteiger partial charge is 0.368 e. The van der Waals surface area contributed by atoms with Crippen molar-refractivity contribution in [3.63, 3.8) is 0 Å². The summed E-state index contributed by atoms with van der Waals surface area (Å²) >= 11 is 2.28. The summed E-state index contributed by atoms with van der Waals surface area (Å²) in [5, 5.41) is 0. The van der Waals surface area contributed by atoms with Crippen LogP contribution in [-0.4, -0.2) is 10.7 Å². The lowest BCUT2D eigenvalue weighted by atomic mass is 10.1. The molecule has 0 aliphatic heterocycles. The van der Waals surface area contributed by atoms with Crippen LogP contribution in [0.25, 0.3) is 0 Å². The van der Waals surface area contributed by atoms with Crippen LogP contribution < -0.4 is 0 Å². The molecule has 0 heterocycles. The predicted molar refractivity (Wildman–Crippen MR) is 68.9 cm³/mol. The number of aryl methyl sites for hydroxylation is 1. The highest BCUT2D eigenvalue weighted by Crippen LogP contribution is 2.11. The molecule has 0 saturated heterocycles. The summed E-state index contributed by atoms with van der Waals surface area (Å²) in [6.45, 7) is 4.58. The Kier molecular flexibility index (Phi) is 5.53. The molecule has 0 amide bonds. The van der Waals surface area contributed by atoms with Crippen molar-refractivity contribution in [1.29, 1.82) is 0 Å². The van der Waals surface area contributed by atoms with Crippen LogP contribution in [0.15, 0.2) is 18.2 Å². The Labute approximate surface area is 104 Å². The second-order valence-electron chi connectivity index (χ2n) is 3.52. The molecule has 1 aromatic rings. The number of benzene rings is 1. The highest BCUT2D eigenvalue weighted by molar-refractivity contribution is 14.1. The molecule has 0 saturated carbocycles. The molecule has 0 bridgehead atoms. The highest BCUT2D eigenvalue weighted by atomic mass is 127. The first kappa shape index (κ1) is 12.9. The molecule has 1 aromatic carbocycles. The number of hydrogen-bond donors (Lipinski definition) is 0. The first-order chi connectivity index (χ1) is 7.13. The summed E-state index contributed by atoms with van der Waals surface area (Å²) < 4.78 is 18.8. The van der Waals surface area contributed by atoms with E-state index in [1.54, 1.807) is 6.92 Å². The van der Waals surface area contributed by atoms with Gasteiger partial charge in [-0.15, -0.1) is 0 Å². The molecule has 0 aliphatic rings. The maximum Gasteiger partial charge on any atom is 0.126 e. The Morgan fingerprint density at radius 2 is 2.20 bits per heavy atom. The summed E-state index contributed by atoms with van der Waals surface area (Å²) in [4.78, 5) is 0. The third-order valence-electron chi connectivity index (χ3n) is 2.23. The standard InChI is InChI=1S/C12H16FIO/c1-3-12(14)15-7-6-10-4-5-11(13)9(2)8-10/h4-5,8,12H,3,6-7H2,1-2H3. The molecule has 1 nitrogen and oxygen atoms in total. The van der Waals surface area contributed by atoms with Crippen molar-refractivity contribution in [2.24, 2.45) is 0 Å². The van der Waals surface area contributed by atoms with Crippen LogP contribution in [0.5, 0.6) is 0 Å². The zero-order valence-electron chi connectivity index (χ0n) is 9.09. The van der Waals surface area contributed by atoms with Crippen molar-refractivity contribution >= 4 is 22.6 Å². The Bertz CT molecular complexity index is 314. The van der Waals surface area contributed by atoms with E-state index in [2.05, 4.69) is 29.5 Å². The average molecular weight is 322 g/mol. The maximum atomic E-state index is 13.0. The van der Waals surface area contributed by atoms with E-state index in [1.807, 2.05) is 12.1 Å². The lowest BCUT2D eigenvalue weighted by Gasteiger charge is -2.09. The third-order valence-corrected chi connectivity index (χ3v) is 3.47. The minimum Gasteiger partial charge on any atom is -0.368 e. The molecule has 0 aliphatic carbocycles. The van der Waals surface area contributed by atoms with Crippen LogP contribution in [-0.2, 0) is 11.2 Å². The normalized spacial score (nSPS) is 12.8. The van der Waals surface area contributed by atoms with Gasteiger partial charge in [-0.3, -0.25) is 0 Å². The monoisotopic (exact) mass is 322 g/mol. The van der Waals surface area contributed by atoms with Gasteiger partial charge in [0.15, 0.2) is 0 Å². The lowest BCUT2D eigenvalue weighted by molar-refractivity contribution is 0.124. The van der Waals surface area contributed by atoms with Crippen molar-refractivity contribution in [3.8, 4) is 0 Å². The molecule has 1 unspecified atom stereocenters. The Balaban J connectivity index is 2.41. The molecule has 0 radical (unpaired) electrons. The molecule has 1 rings (SSSR count). The zero-order valence-corrected chi connectivity index (χ0v) is 11.3. The first-order valence-corrected chi connectivity index (χ1v) is 6.38. The first-order valence-electron chi connectivity index (χ1n) is 5.14. The zero-order chi connectivity index (χ0) is 11.3. The quantitative estimate of drug-likeness (QED) is 0.591. The van der Waals surface area contributed by atoms with E-state index in [0.29, 0.717) is 12.2 Å². The van der Waals surface area contributed by atoms with E-state index in [-0.39, 0.29) is 9.93 Å². The lowest BCUT2D eigenvalue weighted by Crippen LogP contribution is -2.06. The number of alkyl halides is 1. The van der Waals surface area contributed by atoms with Crippen molar-refractivity contribution in [1.82, 2.24) is 0 Å². The number of ether oxygens (including phenoxy) is 1. The molecule has 0 aromatic heterocycles. The van der Waals surface area contributed by atoms with Gasteiger partial charge in [-0.25, -0.2) is 4.39 Å². The third kappa shape index (κ3) is 4.47. The highest BCUT2D eigenvalue weighted by Gasteiger charge is 2.02. The number of rotatable bonds is 5. The van der Waals surface area contributed by atoms with Crippen LogP contribution in [0.4, 0.5) is 4.39 Å². The molecule has 1 atom stereocenters. The molecule has 3 heteroatoms. The van der Waals surface area contributed by atoms with Gasteiger partial charge in [0, 0.05) is 0 Å². The van der Waals surface area contributed by atoms with Gasteiger partial charge >= 0.3 is 0 Å². The van der Waals surface area contributed by atoms with Crippen LogP contribution in [0, 0.1) is 12.7 Å². The molecule has 0 spiro atoms. The molecular formula is C12H16FIO. The van der Waals surface area contributed by atoms with Crippen LogP contribution in [0.3, 0.4) is 0 Å². The fraction of sp³-hybridized carbons (Fsp3) is 0.500. The summed E-state index contributed by atoms with van der Waals surface area (Å²) in [6.07, 6.45) is 1.86. The average Bonchev–Trinajstić information content (AvgIpc) is 2.23. The maximum absolute atomic E-state index is 13.0. The molecular weight excluding hydrogens is 306 g/mol. The van der Waals surface area contributed by atoms with Crippen molar-refractivity contribution < 1.29 is 9.13 Å². The van der Waals surface area contributed by atoms with Crippen molar-refractivity contribution in [3.05, 3.63) is 35.1 Å². The minimum atomic E-state index is -0.139. The van der Waals surface area contributed by atoms with Crippen LogP contribution in [0.2, 0.25) is 0 Å². The minimum absolute atomic E-state index is 0.139. The Morgan fingerprint density at radius 3 is 2.80 bits per heavy atom. The molecule has 84 valence electrons. The molecule has 0 fully saturated rings. The van der Waals surface area contributed by atoms with Gasteiger partial charge in [0.1, 0.15) is 9.93 Å². The smallest absolute Gasteiger partial charge is 0.126 e. The Morgan fingerprint density at radius 1 is 1.47 bits per heavy atom. The summed E-state index contributed by atoms with van der Waals surface area (Å²) in [7, 11) is 0. The van der Waals surface area contributed by atoms with E-state index in [0.717, 1.165) is 18.4 Å². The van der Waals surface area contributed by atoms with E-state index >= 15 is 0 Å². The summed E-state index contributed by atoms with van der Waals surface area (Å²) in [6, 6.07) is 5.22. The Hall–Kier alpha value is -0.160. The van der Waals surface area contributed by atoms with Gasteiger partial charge in [0.05, 0.1) is 6.61 Å².